The maximum Gasteiger partial charge on any atom is 0.224 e. The average molecular weight is 286 g/mol. The number of hydrogen-bond acceptors (Lipinski definition) is 2. The fourth-order valence-electron chi connectivity index (χ4n) is 1.96. The molecule has 0 aliphatic heterocycles. The standard InChI is InChI=1S/C16H18N2OS/c1-11(16(17)20)10-18-15(19)9-12-6-7-13-4-2-3-5-14(13)8-12/h2-8,11H,9-10H2,1H3,(H2,17,20)(H,18,19). The largest absolute Gasteiger partial charge is 0.393 e. The predicted molar refractivity (Wildman–Crippen MR) is 86.6 cm³/mol. The maximum atomic E-state index is 11.9. The second-order valence-electron chi connectivity index (χ2n) is 4.97. The molecular formula is C16H18N2OS. The van der Waals surface area contributed by atoms with Gasteiger partial charge in [-0.3, -0.25) is 4.79 Å². The summed E-state index contributed by atoms with van der Waals surface area (Å²) in [6, 6.07) is 14.2. The molecule has 1 amide bonds. The highest BCUT2D eigenvalue weighted by Gasteiger charge is 2.08. The molecule has 0 fully saturated rings. The lowest BCUT2D eigenvalue weighted by Gasteiger charge is -2.11. The van der Waals surface area contributed by atoms with E-state index in [-0.39, 0.29) is 11.8 Å². The highest BCUT2D eigenvalue weighted by atomic mass is 32.1. The first-order valence-electron chi connectivity index (χ1n) is 6.60. The zero-order chi connectivity index (χ0) is 14.5. The normalized spacial score (nSPS) is 12.1. The molecule has 2 rings (SSSR count). The minimum Gasteiger partial charge on any atom is -0.393 e. The van der Waals surface area contributed by atoms with Crippen LogP contribution in [0, 0.1) is 5.92 Å². The number of fused-ring (bicyclic) bond motifs is 1. The lowest BCUT2D eigenvalue weighted by Crippen LogP contribution is -2.34. The number of carbonyl (C=O) groups is 1. The van der Waals surface area contributed by atoms with Crippen molar-refractivity contribution in [2.24, 2.45) is 11.7 Å². The molecule has 1 unspecified atom stereocenters. The highest BCUT2D eigenvalue weighted by Crippen LogP contribution is 2.15. The molecule has 1 atom stereocenters. The number of nitrogens with two attached hydrogens (primary N) is 1. The topological polar surface area (TPSA) is 55.1 Å². The van der Waals surface area contributed by atoms with Crippen molar-refractivity contribution < 1.29 is 4.79 Å². The van der Waals surface area contributed by atoms with Crippen molar-refractivity contribution in [1.82, 2.24) is 5.32 Å². The Morgan fingerprint density at radius 1 is 1.25 bits per heavy atom. The Labute approximate surface area is 124 Å². The number of amides is 1. The molecule has 104 valence electrons. The monoisotopic (exact) mass is 286 g/mol. The number of thiocarbonyl (C=S) groups is 1. The smallest absolute Gasteiger partial charge is 0.224 e. The van der Waals surface area contributed by atoms with Crippen LogP contribution >= 0.6 is 12.2 Å². The number of carbonyl (C=O) groups excluding carboxylic acids is 1. The van der Waals surface area contributed by atoms with Crippen LogP contribution < -0.4 is 11.1 Å². The van der Waals surface area contributed by atoms with Crippen molar-refractivity contribution in [2.45, 2.75) is 13.3 Å². The molecule has 0 spiro atoms. The summed E-state index contributed by atoms with van der Waals surface area (Å²) in [5, 5.41) is 5.18. The number of nitrogens with one attached hydrogen (secondary N) is 1. The van der Waals surface area contributed by atoms with Gasteiger partial charge in [-0.2, -0.15) is 0 Å². The molecular weight excluding hydrogens is 268 g/mol. The minimum atomic E-state index is -0.0108. The molecule has 2 aromatic rings. The Kier molecular flexibility index (Phi) is 4.69. The van der Waals surface area contributed by atoms with Gasteiger partial charge in [-0.1, -0.05) is 61.6 Å². The molecule has 0 bridgehead atoms. The van der Waals surface area contributed by atoms with E-state index in [4.69, 9.17) is 18.0 Å². The van der Waals surface area contributed by atoms with E-state index in [2.05, 4.69) is 11.4 Å². The van der Waals surface area contributed by atoms with Crippen LogP contribution in [0.3, 0.4) is 0 Å². The molecule has 0 heterocycles. The van der Waals surface area contributed by atoms with Gasteiger partial charge < -0.3 is 11.1 Å². The van der Waals surface area contributed by atoms with Gasteiger partial charge >= 0.3 is 0 Å². The molecule has 0 aliphatic rings. The van der Waals surface area contributed by atoms with E-state index < -0.39 is 0 Å². The Bertz CT molecular complexity index is 639. The molecule has 3 nitrogen and oxygen atoms in total. The molecule has 20 heavy (non-hydrogen) atoms. The van der Waals surface area contributed by atoms with E-state index in [1.165, 1.54) is 5.39 Å². The first kappa shape index (κ1) is 14.5. The Morgan fingerprint density at radius 3 is 2.65 bits per heavy atom. The zero-order valence-corrected chi connectivity index (χ0v) is 12.2. The van der Waals surface area contributed by atoms with E-state index in [0.29, 0.717) is 18.0 Å². The summed E-state index contributed by atoms with van der Waals surface area (Å²) in [6.07, 6.45) is 0.370. The summed E-state index contributed by atoms with van der Waals surface area (Å²) in [7, 11) is 0. The lowest BCUT2D eigenvalue weighted by molar-refractivity contribution is -0.120. The van der Waals surface area contributed by atoms with Crippen molar-refractivity contribution in [3.63, 3.8) is 0 Å². The van der Waals surface area contributed by atoms with Gasteiger partial charge in [0.25, 0.3) is 0 Å². The molecule has 0 saturated heterocycles. The van der Waals surface area contributed by atoms with Crippen molar-refractivity contribution in [3.8, 4) is 0 Å². The van der Waals surface area contributed by atoms with Gasteiger partial charge in [-0.25, -0.2) is 0 Å². The molecule has 4 heteroatoms. The summed E-state index contributed by atoms with van der Waals surface area (Å²) in [6.45, 7) is 2.39. The van der Waals surface area contributed by atoms with E-state index in [1.807, 2.05) is 43.3 Å². The van der Waals surface area contributed by atoms with E-state index >= 15 is 0 Å². The highest BCUT2D eigenvalue weighted by molar-refractivity contribution is 7.80. The van der Waals surface area contributed by atoms with Gasteiger partial charge in [0.05, 0.1) is 11.4 Å². The van der Waals surface area contributed by atoms with Crippen LogP contribution in [0.15, 0.2) is 42.5 Å². The third-order valence-electron chi connectivity index (χ3n) is 3.27. The zero-order valence-electron chi connectivity index (χ0n) is 11.4. The second kappa shape index (κ2) is 6.48. The predicted octanol–water partition coefficient (Wildman–Crippen LogP) is 2.42. The van der Waals surface area contributed by atoms with Gasteiger partial charge in [-0.05, 0) is 16.3 Å². The molecule has 0 saturated carbocycles. The fraction of sp³-hybridized carbons (Fsp3) is 0.250. The van der Waals surface area contributed by atoms with Crippen molar-refractivity contribution >= 4 is 33.9 Å². The van der Waals surface area contributed by atoms with Gasteiger partial charge in [0, 0.05) is 12.5 Å². The Balaban J connectivity index is 1.97. The van der Waals surface area contributed by atoms with Crippen LogP contribution in [0.1, 0.15) is 12.5 Å². The van der Waals surface area contributed by atoms with Crippen LogP contribution in [-0.2, 0) is 11.2 Å². The first-order chi connectivity index (χ1) is 9.56. The number of hydrogen-bond donors (Lipinski definition) is 2. The third-order valence-corrected chi connectivity index (χ3v) is 3.67. The van der Waals surface area contributed by atoms with Gasteiger partial charge in [0.15, 0.2) is 0 Å². The summed E-state index contributed by atoms with van der Waals surface area (Å²) in [4.78, 5) is 12.3. The molecule has 2 aromatic carbocycles. The van der Waals surface area contributed by atoms with E-state index in [9.17, 15) is 4.79 Å². The molecule has 0 aliphatic carbocycles. The summed E-state index contributed by atoms with van der Waals surface area (Å²) < 4.78 is 0. The van der Waals surface area contributed by atoms with Crippen molar-refractivity contribution in [2.75, 3.05) is 6.54 Å². The van der Waals surface area contributed by atoms with Crippen LogP contribution in [0.5, 0.6) is 0 Å². The van der Waals surface area contributed by atoms with E-state index in [1.54, 1.807) is 0 Å². The molecule has 0 aromatic heterocycles. The number of benzene rings is 2. The summed E-state index contributed by atoms with van der Waals surface area (Å²) >= 11 is 4.88. The molecule has 3 N–H and O–H groups in total. The SMILES string of the molecule is CC(CNC(=O)Cc1ccc2ccccc2c1)C(N)=S. The lowest BCUT2D eigenvalue weighted by atomic mass is 10.0. The van der Waals surface area contributed by atoms with Crippen molar-refractivity contribution in [3.05, 3.63) is 48.0 Å². The van der Waals surface area contributed by atoms with Crippen LogP contribution in [0.4, 0.5) is 0 Å². The Morgan fingerprint density at radius 2 is 1.95 bits per heavy atom. The first-order valence-corrected chi connectivity index (χ1v) is 7.01. The average Bonchev–Trinajstić information content (AvgIpc) is 2.44. The summed E-state index contributed by atoms with van der Waals surface area (Å²) in [5.74, 6) is 0.00827. The van der Waals surface area contributed by atoms with Crippen LogP contribution in [-0.4, -0.2) is 17.4 Å². The minimum absolute atomic E-state index is 0.0108. The van der Waals surface area contributed by atoms with E-state index in [0.717, 1.165) is 10.9 Å². The fourth-order valence-corrected chi connectivity index (χ4v) is 2.05. The quantitative estimate of drug-likeness (QED) is 0.830. The van der Waals surface area contributed by atoms with Gasteiger partial charge in [-0.15, -0.1) is 0 Å². The van der Waals surface area contributed by atoms with Gasteiger partial charge in [0.2, 0.25) is 5.91 Å². The Hall–Kier alpha value is -1.94. The maximum absolute atomic E-state index is 11.9. The number of rotatable bonds is 5. The summed E-state index contributed by atoms with van der Waals surface area (Å²) in [5.41, 5.74) is 6.52. The van der Waals surface area contributed by atoms with Gasteiger partial charge in [0.1, 0.15) is 0 Å². The van der Waals surface area contributed by atoms with Crippen LogP contribution in [0.25, 0.3) is 10.8 Å². The van der Waals surface area contributed by atoms with Crippen LogP contribution in [0.2, 0.25) is 0 Å². The van der Waals surface area contributed by atoms with Crippen molar-refractivity contribution in [1.29, 1.82) is 0 Å². The molecule has 0 radical (unpaired) electrons. The second-order valence-corrected chi connectivity index (χ2v) is 5.44. The third kappa shape index (κ3) is 3.78.